The molecular formula is C12H14ClF2N. The monoisotopic (exact) mass is 245 g/mol. The van der Waals surface area contributed by atoms with Gasteiger partial charge in [-0.1, -0.05) is 23.7 Å². The molecule has 0 amide bonds. The molecule has 1 nitrogen and oxygen atoms in total. The molecule has 1 aliphatic rings. The fourth-order valence-corrected chi connectivity index (χ4v) is 2.39. The predicted molar refractivity (Wildman–Crippen MR) is 61.2 cm³/mol. The average molecular weight is 246 g/mol. The van der Waals surface area contributed by atoms with Crippen LogP contribution in [-0.4, -0.2) is 13.1 Å². The van der Waals surface area contributed by atoms with Crippen molar-refractivity contribution in [2.24, 2.45) is 0 Å². The largest absolute Gasteiger partial charge is 0.316 e. The Morgan fingerprint density at radius 1 is 1.44 bits per heavy atom. The third kappa shape index (κ3) is 2.36. The van der Waals surface area contributed by atoms with Crippen LogP contribution in [-0.2, 0) is 5.92 Å². The number of alkyl halides is 2. The zero-order valence-corrected chi connectivity index (χ0v) is 9.82. The molecule has 1 N–H and O–H groups in total. The topological polar surface area (TPSA) is 12.0 Å². The zero-order chi connectivity index (χ0) is 11.8. The van der Waals surface area contributed by atoms with Gasteiger partial charge < -0.3 is 5.32 Å². The number of hydrogen-bond acceptors (Lipinski definition) is 1. The molecule has 1 unspecified atom stereocenters. The standard InChI is InChI=1S/C12H14ClF2N/c1-12(14,15)9-2-3-10(11(13)6-9)8-4-5-16-7-8/h2-3,6,8,16H,4-5,7H2,1H3. The first-order valence-corrected chi connectivity index (χ1v) is 5.75. The third-order valence-electron chi connectivity index (χ3n) is 3.01. The lowest BCUT2D eigenvalue weighted by Gasteiger charge is -2.15. The van der Waals surface area contributed by atoms with Gasteiger partial charge >= 0.3 is 0 Å². The van der Waals surface area contributed by atoms with E-state index in [4.69, 9.17) is 11.6 Å². The minimum absolute atomic E-state index is 0.0211. The molecule has 0 saturated carbocycles. The van der Waals surface area contributed by atoms with E-state index < -0.39 is 5.92 Å². The molecule has 2 rings (SSSR count). The Kier molecular flexibility index (Phi) is 3.17. The van der Waals surface area contributed by atoms with E-state index in [9.17, 15) is 8.78 Å². The van der Waals surface area contributed by atoms with Gasteiger partial charge in [0.1, 0.15) is 0 Å². The second-order valence-corrected chi connectivity index (χ2v) is 4.72. The molecule has 88 valence electrons. The molecule has 1 fully saturated rings. The second kappa shape index (κ2) is 4.30. The van der Waals surface area contributed by atoms with Crippen molar-refractivity contribution in [3.63, 3.8) is 0 Å². The molecule has 1 aromatic rings. The highest BCUT2D eigenvalue weighted by Crippen LogP contribution is 2.34. The normalized spacial score (nSPS) is 21.4. The van der Waals surface area contributed by atoms with E-state index in [2.05, 4.69) is 5.32 Å². The molecule has 4 heteroatoms. The molecule has 1 aromatic carbocycles. The SMILES string of the molecule is CC(F)(F)c1ccc(C2CCNC2)c(Cl)c1. The fraction of sp³-hybridized carbons (Fsp3) is 0.500. The van der Waals surface area contributed by atoms with Crippen LogP contribution in [0.3, 0.4) is 0 Å². The van der Waals surface area contributed by atoms with E-state index in [0.717, 1.165) is 32.0 Å². The van der Waals surface area contributed by atoms with Gasteiger partial charge in [0, 0.05) is 24.1 Å². The summed E-state index contributed by atoms with van der Waals surface area (Å²) in [6.07, 6.45) is 1.02. The van der Waals surface area contributed by atoms with Crippen molar-refractivity contribution in [3.8, 4) is 0 Å². The summed E-state index contributed by atoms with van der Waals surface area (Å²) < 4.78 is 26.1. The summed E-state index contributed by atoms with van der Waals surface area (Å²) in [4.78, 5) is 0. The number of benzene rings is 1. The van der Waals surface area contributed by atoms with Crippen LogP contribution in [0.4, 0.5) is 8.78 Å². The minimum atomic E-state index is -2.82. The van der Waals surface area contributed by atoms with E-state index in [1.165, 1.54) is 12.1 Å². The van der Waals surface area contributed by atoms with Crippen LogP contribution in [0.5, 0.6) is 0 Å². The number of nitrogens with one attached hydrogen (secondary N) is 1. The summed E-state index contributed by atoms with van der Waals surface area (Å²) in [6, 6.07) is 4.58. The molecule has 0 spiro atoms. The average Bonchev–Trinajstić information content (AvgIpc) is 2.69. The maximum absolute atomic E-state index is 13.1. The van der Waals surface area contributed by atoms with Gasteiger partial charge in [0.05, 0.1) is 0 Å². The quantitative estimate of drug-likeness (QED) is 0.841. The predicted octanol–water partition coefficient (Wildman–Crippen LogP) is 3.53. The highest BCUT2D eigenvalue weighted by atomic mass is 35.5. The Bertz CT molecular complexity index is 381. The smallest absolute Gasteiger partial charge is 0.270 e. The van der Waals surface area contributed by atoms with Gasteiger partial charge in [-0.15, -0.1) is 0 Å². The summed E-state index contributed by atoms with van der Waals surface area (Å²) in [5.74, 6) is -2.47. The summed E-state index contributed by atoms with van der Waals surface area (Å²) in [5.41, 5.74) is 0.951. The molecule has 1 atom stereocenters. The summed E-state index contributed by atoms with van der Waals surface area (Å²) in [7, 11) is 0. The van der Waals surface area contributed by atoms with Crippen molar-refractivity contribution >= 4 is 11.6 Å². The summed E-state index contributed by atoms with van der Waals surface area (Å²) in [5, 5.41) is 3.69. The van der Waals surface area contributed by atoms with Gasteiger partial charge in [0.25, 0.3) is 5.92 Å². The molecule has 0 radical (unpaired) electrons. The summed E-state index contributed by atoms with van der Waals surface area (Å²) in [6.45, 7) is 2.73. The molecule has 0 aliphatic carbocycles. The Labute approximate surface area is 98.8 Å². The first-order chi connectivity index (χ1) is 7.48. The van der Waals surface area contributed by atoms with Gasteiger partial charge in [-0.05, 0) is 30.5 Å². The Balaban J connectivity index is 2.29. The van der Waals surface area contributed by atoms with Gasteiger partial charge in [-0.25, -0.2) is 8.78 Å². The molecule has 0 aromatic heterocycles. The highest BCUT2D eigenvalue weighted by molar-refractivity contribution is 6.31. The second-order valence-electron chi connectivity index (χ2n) is 4.31. The lowest BCUT2D eigenvalue weighted by molar-refractivity contribution is 0.0174. The Morgan fingerprint density at radius 2 is 2.19 bits per heavy atom. The van der Waals surface area contributed by atoms with Crippen molar-refractivity contribution in [2.75, 3.05) is 13.1 Å². The molecule has 1 aliphatic heterocycles. The van der Waals surface area contributed by atoms with E-state index >= 15 is 0 Å². The first-order valence-electron chi connectivity index (χ1n) is 5.37. The Hall–Kier alpha value is -0.670. The first kappa shape index (κ1) is 11.8. The van der Waals surface area contributed by atoms with Gasteiger partial charge in [0.2, 0.25) is 0 Å². The lowest BCUT2D eigenvalue weighted by Crippen LogP contribution is -2.10. The van der Waals surface area contributed by atoms with E-state index in [1.807, 2.05) is 0 Å². The van der Waals surface area contributed by atoms with Crippen molar-refractivity contribution in [1.82, 2.24) is 5.32 Å². The molecular weight excluding hydrogens is 232 g/mol. The van der Waals surface area contributed by atoms with Crippen molar-refractivity contribution in [2.45, 2.75) is 25.2 Å². The fourth-order valence-electron chi connectivity index (χ4n) is 2.05. The molecule has 1 saturated heterocycles. The van der Waals surface area contributed by atoms with E-state index in [0.29, 0.717) is 10.9 Å². The number of halogens is 3. The molecule has 16 heavy (non-hydrogen) atoms. The maximum Gasteiger partial charge on any atom is 0.270 e. The van der Waals surface area contributed by atoms with Gasteiger partial charge in [-0.3, -0.25) is 0 Å². The summed E-state index contributed by atoms with van der Waals surface area (Å²) >= 11 is 6.05. The van der Waals surface area contributed by atoms with Crippen molar-refractivity contribution in [3.05, 3.63) is 34.3 Å². The third-order valence-corrected chi connectivity index (χ3v) is 3.33. The van der Waals surface area contributed by atoms with E-state index in [-0.39, 0.29) is 5.56 Å². The van der Waals surface area contributed by atoms with Gasteiger partial charge in [0.15, 0.2) is 0 Å². The highest BCUT2D eigenvalue weighted by Gasteiger charge is 2.26. The lowest BCUT2D eigenvalue weighted by atomic mass is 9.96. The van der Waals surface area contributed by atoms with Crippen molar-refractivity contribution in [1.29, 1.82) is 0 Å². The van der Waals surface area contributed by atoms with Gasteiger partial charge in [-0.2, -0.15) is 0 Å². The van der Waals surface area contributed by atoms with Crippen molar-refractivity contribution < 1.29 is 8.78 Å². The number of hydrogen-bond donors (Lipinski definition) is 1. The molecule has 0 bridgehead atoms. The van der Waals surface area contributed by atoms with Crippen LogP contribution in [0.15, 0.2) is 18.2 Å². The number of rotatable bonds is 2. The van der Waals surface area contributed by atoms with Crippen LogP contribution in [0.25, 0.3) is 0 Å². The van der Waals surface area contributed by atoms with E-state index in [1.54, 1.807) is 6.07 Å². The van der Waals surface area contributed by atoms with Crippen LogP contribution in [0.2, 0.25) is 5.02 Å². The zero-order valence-electron chi connectivity index (χ0n) is 9.06. The minimum Gasteiger partial charge on any atom is -0.316 e. The van der Waals surface area contributed by atoms with Crippen LogP contribution in [0, 0.1) is 0 Å². The van der Waals surface area contributed by atoms with Crippen LogP contribution >= 0.6 is 11.6 Å². The Morgan fingerprint density at radius 3 is 2.69 bits per heavy atom. The van der Waals surface area contributed by atoms with Crippen LogP contribution < -0.4 is 5.32 Å². The molecule has 1 heterocycles. The maximum atomic E-state index is 13.1. The van der Waals surface area contributed by atoms with Crippen LogP contribution in [0.1, 0.15) is 30.4 Å².